The fraction of sp³-hybridized carbons (Fsp3) is 0.529. The van der Waals surface area contributed by atoms with Crippen LogP contribution in [0.3, 0.4) is 0 Å². The Morgan fingerprint density at radius 3 is 2.74 bits per heavy atom. The van der Waals surface area contributed by atoms with E-state index >= 15 is 0 Å². The second kappa shape index (κ2) is 9.67. The van der Waals surface area contributed by atoms with Gasteiger partial charge in [0.15, 0.2) is 0 Å². The number of carbonyl (C=O) groups excluding carboxylic acids is 2. The van der Waals surface area contributed by atoms with Crippen molar-refractivity contribution in [3.8, 4) is 0 Å². The zero-order valence-electron chi connectivity index (χ0n) is 15.0. The van der Waals surface area contributed by atoms with Crippen LogP contribution < -0.4 is 16.0 Å². The Morgan fingerprint density at radius 2 is 2.19 bits per heavy atom. The van der Waals surface area contributed by atoms with Crippen LogP contribution in [0.1, 0.15) is 6.92 Å². The van der Waals surface area contributed by atoms with Crippen LogP contribution in [-0.4, -0.2) is 68.6 Å². The lowest BCUT2D eigenvalue weighted by molar-refractivity contribution is -0.125. The van der Waals surface area contributed by atoms with Gasteiger partial charge in [0.2, 0.25) is 5.91 Å². The first-order valence-electron chi connectivity index (χ1n) is 8.58. The molecule has 0 bridgehead atoms. The summed E-state index contributed by atoms with van der Waals surface area (Å²) >= 11 is 0. The van der Waals surface area contributed by atoms with Gasteiger partial charge in [0.25, 0.3) is 12.3 Å². The molecule has 0 aliphatic carbocycles. The predicted molar refractivity (Wildman–Crippen MR) is 94.3 cm³/mol. The summed E-state index contributed by atoms with van der Waals surface area (Å²) in [5.74, 6) is -1.65. The van der Waals surface area contributed by atoms with Gasteiger partial charge in [-0.3, -0.25) is 14.5 Å². The Morgan fingerprint density at radius 1 is 1.44 bits per heavy atom. The highest BCUT2D eigenvalue weighted by Crippen LogP contribution is 2.24. The zero-order chi connectivity index (χ0) is 20.0. The van der Waals surface area contributed by atoms with Gasteiger partial charge in [0, 0.05) is 18.8 Å². The maximum Gasteiger partial charge on any atom is 0.253 e. The number of morpholine rings is 1. The van der Waals surface area contributed by atoms with Crippen LogP contribution in [0.4, 0.5) is 24.5 Å². The minimum Gasteiger partial charge on any atom is -0.370 e. The summed E-state index contributed by atoms with van der Waals surface area (Å²) in [5, 5.41) is 2.49. The Bertz CT molecular complexity index is 675. The molecule has 7 nitrogen and oxygen atoms in total. The molecule has 1 atom stereocenters. The van der Waals surface area contributed by atoms with Gasteiger partial charge in [0.05, 0.1) is 18.8 Å². The maximum atomic E-state index is 14.4. The first-order valence-corrected chi connectivity index (χ1v) is 8.58. The number of hydrogen-bond acceptors (Lipinski definition) is 5. The number of benzene rings is 1. The van der Waals surface area contributed by atoms with Crippen LogP contribution in [0, 0.1) is 5.82 Å². The van der Waals surface area contributed by atoms with Crippen LogP contribution in [0.25, 0.3) is 0 Å². The highest BCUT2D eigenvalue weighted by Gasteiger charge is 2.27. The lowest BCUT2D eigenvalue weighted by atomic mass is 10.2. The molecule has 1 aromatic rings. The topological polar surface area (TPSA) is 87.9 Å². The molecule has 0 radical (unpaired) electrons. The van der Waals surface area contributed by atoms with Crippen molar-refractivity contribution in [1.29, 1.82) is 0 Å². The number of halogens is 3. The van der Waals surface area contributed by atoms with Gasteiger partial charge in [-0.05, 0) is 24.7 Å². The number of carbonyl (C=O) groups is 2. The van der Waals surface area contributed by atoms with Crippen LogP contribution in [0.2, 0.25) is 0 Å². The fourth-order valence-electron chi connectivity index (χ4n) is 2.88. The molecule has 0 unspecified atom stereocenters. The van der Waals surface area contributed by atoms with Crippen molar-refractivity contribution < 1.29 is 27.5 Å². The van der Waals surface area contributed by atoms with Gasteiger partial charge in [-0.25, -0.2) is 13.2 Å². The van der Waals surface area contributed by atoms with E-state index in [-0.39, 0.29) is 43.5 Å². The first kappa shape index (κ1) is 21.1. The summed E-state index contributed by atoms with van der Waals surface area (Å²) in [4.78, 5) is 26.7. The highest BCUT2D eigenvalue weighted by atomic mass is 19.3. The summed E-state index contributed by atoms with van der Waals surface area (Å²) in [5.41, 5.74) is 5.80. The first-order chi connectivity index (χ1) is 12.9. The SMILES string of the molecule is CCN(CC(F)F)[C@H](CN)C(=O)Nc1ccc(N2CCOCC2=O)c(F)c1. The van der Waals surface area contributed by atoms with Gasteiger partial charge >= 0.3 is 0 Å². The van der Waals surface area contributed by atoms with Crippen molar-refractivity contribution in [3.63, 3.8) is 0 Å². The van der Waals surface area contributed by atoms with Gasteiger partial charge in [-0.2, -0.15) is 0 Å². The maximum absolute atomic E-state index is 14.4. The molecule has 1 saturated heterocycles. The molecule has 1 aromatic carbocycles. The van der Waals surface area contributed by atoms with E-state index in [1.165, 1.54) is 21.9 Å². The summed E-state index contributed by atoms with van der Waals surface area (Å²) in [6.07, 6.45) is -2.60. The fourth-order valence-corrected chi connectivity index (χ4v) is 2.88. The Balaban J connectivity index is 2.10. The molecule has 3 N–H and O–H groups in total. The largest absolute Gasteiger partial charge is 0.370 e. The number of hydrogen-bond donors (Lipinski definition) is 2. The van der Waals surface area contributed by atoms with Crippen molar-refractivity contribution in [2.45, 2.75) is 19.4 Å². The zero-order valence-corrected chi connectivity index (χ0v) is 15.0. The molecule has 150 valence electrons. The molecule has 27 heavy (non-hydrogen) atoms. The van der Waals surface area contributed by atoms with E-state index in [0.717, 1.165) is 6.07 Å². The van der Waals surface area contributed by atoms with E-state index in [9.17, 15) is 22.8 Å². The Kier molecular flexibility index (Phi) is 7.57. The normalized spacial score (nSPS) is 16.1. The van der Waals surface area contributed by atoms with Gasteiger partial charge in [0.1, 0.15) is 18.5 Å². The molecule has 2 rings (SSSR count). The van der Waals surface area contributed by atoms with Crippen LogP contribution in [0.5, 0.6) is 0 Å². The van der Waals surface area contributed by atoms with Crippen molar-refractivity contribution in [2.24, 2.45) is 5.73 Å². The third-order valence-electron chi connectivity index (χ3n) is 4.24. The van der Waals surface area contributed by atoms with Crippen LogP contribution in [-0.2, 0) is 14.3 Å². The van der Waals surface area contributed by atoms with Crippen molar-refractivity contribution in [3.05, 3.63) is 24.0 Å². The lowest BCUT2D eigenvalue weighted by Crippen LogP contribution is -2.50. The quantitative estimate of drug-likeness (QED) is 0.695. The molecule has 1 aliphatic rings. The summed E-state index contributed by atoms with van der Waals surface area (Å²) < 4.78 is 44.7. The molecular weight excluding hydrogens is 365 g/mol. The molecule has 1 heterocycles. The standard InChI is InChI=1S/C17H23F3N4O3/c1-2-23(9-15(19)20)14(8-21)17(26)22-11-3-4-13(12(18)7-11)24-5-6-27-10-16(24)25/h3-4,7,14-15H,2,5-6,8-10,21H2,1H3,(H,22,26)/t14-/m1/s1. The smallest absolute Gasteiger partial charge is 0.253 e. The van der Waals surface area contributed by atoms with E-state index in [0.29, 0.717) is 6.61 Å². The number of alkyl halides is 2. The molecule has 0 spiro atoms. The van der Waals surface area contributed by atoms with E-state index in [2.05, 4.69) is 5.32 Å². The summed E-state index contributed by atoms with van der Waals surface area (Å²) in [7, 11) is 0. The molecule has 10 heteroatoms. The number of ether oxygens (including phenoxy) is 1. The van der Waals surface area contributed by atoms with E-state index < -0.39 is 30.7 Å². The number of nitrogens with one attached hydrogen (secondary N) is 1. The molecule has 2 amide bonds. The molecule has 0 saturated carbocycles. The monoisotopic (exact) mass is 388 g/mol. The van der Waals surface area contributed by atoms with Crippen molar-refractivity contribution in [2.75, 3.05) is 49.6 Å². The summed E-state index contributed by atoms with van der Waals surface area (Å²) in [6, 6.07) is 2.93. The number of amides is 2. The van der Waals surface area contributed by atoms with E-state index in [1.807, 2.05) is 0 Å². The molecular formula is C17H23F3N4O3. The average molecular weight is 388 g/mol. The minimum atomic E-state index is -2.60. The second-order valence-corrected chi connectivity index (χ2v) is 5.98. The van der Waals surface area contributed by atoms with Gasteiger partial charge in [-0.15, -0.1) is 0 Å². The predicted octanol–water partition coefficient (Wildman–Crippen LogP) is 1.04. The Hall–Kier alpha value is -2.17. The van der Waals surface area contributed by atoms with Gasteiger partial charge < -0.3 is 20.7 Å². The second-order valence-electron chi connectivity index (χ2n) is 5.98. The van der Waals surface area contributed by atoms with Crippen molar-refractivity contribution >= 4 is 23.2 Å². The third-order valence-corrected chi connectivity index (χ3v) is 4.24. The van der Waals surface area contributed by atoms with E-state index in [1.54, 1.807) is 6.92 Å². The lowest BCUT2D eigenvalue weighted by Gasteiger charge is -2.29. The number of anilines is 2. The van der Waals surface area contributed by atoms with Crippen molar-refractivity contribution in [1.82, 2.24) is 4.90 Å². The Labute approximate surface area is 155 Å². The van der Waals surface area contributed by atoms with Gasteiger partial charge in [-0.1, -0.05) is 6.92 Å². The molecule has 0 aromatic heterocycles. The summed E-state index contributed by atoms with van der Waals surface area (Å²) in [6.45, 7) is 1.54. The highest BCUT2D eigenvalue weighted by molar-refractivity contribution is 5.97. The third kappa shape index (κ3) is 5.41. The number of rotatable bonds is 8. The number of likely N-dealkylation sites (N-methyl/N-ethyl adjacent to an activating group) is 1. The van der Waals surface area contributed by atoms with Crippen LogP contribution in [0.15, 0.2) is 18.2 Å². The minimum absolute atomic E-state index is 0.0876. The number of nitrogens with two attached hydrogens (primary N) is 1. The molecule has 1 aliphatic heterocycles. The number of nitrogens with zero attached hydrogens (tertiary/aromatic N) is 2. The van der Waals surface area contributed by atoms with Crippen LogP contribution >= 0.6 is 0 Å². The van der Waals surface area contributed by atoms with E-state index in [4.69, 9.17) is 10.5 Å². The average Bonchev–Trinajstić information content (AvgIpc) is 2.62. The molecule has 1 fully saturated rings.